The van der Waals surface area contributed by atoms with Crippen molar-refractivity contribution >= 4 is 6.09 Å². The van der Waals surface area contributed by atoms with Gasteiger partial charge in [-0.1, -0.05) is 0 Å². The maximum absolute atomic E-state index is 12.1. The maximum atomic E-state index is 12.1. The summed E-state index contributed by atoms with van der Waals surface area (Å²) < 4.78 is 28.0. The molecule has 0 spiro atoms. The zero-order valence-electron chi connectivity index (χ0n) is 15.2. The van der Waals surface area contributed by atoms with Crippen molar-refractivity contribution in [3.63, 3.8) is 0 Å². The van der Waals surface area contributed by atoms with Gasteiger partial charge in [-0.15, -0.1) is 0 Å². The molecule has 0 unspecified atom stereocenters. The first-order valence-electron chi connectivity index (χ1n) is 8.29. The van der Waals surface area contributed by atoms with Crippen LogP contribution in [0.5, 0.6) is 0 Å². The summed E-state index contributed by atoms with van der Waals surface area (Å²) in [4.78, 5) is 12.1. The van der Waals surface area contributed by atoms with Crippen LogP contribution in [-0.4, -0.2) is 66.4 Å². The van der Waals surface area contributed by atoms with E-state index < -0.39 is 48.1 Å². The van der Waals surface area contributed by atoms with Crippen LogP contribution in [0.15, 0.2) is 0 Å². The first kappa shape index (κ1) is 19.4. The average Bonchev–Trinajstić information content (AvgIpc) is 2.42. The van der Waals surface area contributed by atoms with E-state index in [-0.39, 0.29) is 6.61 Å². The fourth-order valence-electron chi connectivity index (χ4n) is 2.75. The highest BCUT2D eigenvalue weighted by Gasteiger charge is 2.51. The Balaban J connectivity index is 2.11. The topological polar surface area (TPSA) is 95.5 Å². The molecule has 2 aliphatic rings. The smallest absolute Gasteiger partial charge is 0.408 e. The van der Waals surface area contributed by atoms with Crippen molar-refractivity contribution in [3.05, 3.63) is 0 Å². The SMILES string of the molecule is CCO[C@@H]1O[C@@H]2COC(C)(C)O[C@H]2[C@@H](O)[C@H]1NC(=O)OC(C)(C)C. The second kappa shape index (κ2) is 7.13. The number of amides is 1. The van der Waals surface area contributed by atoms with E-state index in [2.05, 4.69) is 5.32 Å². The van der Waals surface area contributed by atoms with Gasteiger partial charge in [0.1, 0.15) is 30.0 Å². The summed E-state index contributed by atoms with van der Waals surface area (Å²) in [6.45, 7) is 11.3. The zero-order valence-corrected chi connectivity index (χ0v) is 15.2. The number of carbonyl (C=O) groups is 1. The van der Waals surface area contributed by atoms with Gasteiger partial charge in [0.2, 0.25) is 0 Å². The van der Waals surface area contributed by atoms with Crippen LogP contribution in [-0.2, 0) is 23.7 Å². The lowest BCUT2D eigenvalue weighted by Crippen LogP contribution is -2.68. The van der Waals surface area contributed by atoms with Crippen molar-refractivity contribution in [2.45, 2.75) is 83.6 Å². The lowest BCUT2D eigenvalue weighted by atomic mass is 9.95. The number of rotatable bonds is 3. The first-order chi connectivity index (χ1) is 11.0. The zero-order chi connectivity index (χ0) is 18.1. The number of nitrogens with one attached hydrogen (secondary N) is 1. The lowest BCUT2D eigenvalue weighted by Gasteiger charge is -2.49. The molecule has 2 aliphatic heterocycles. The van der Waals surface area contributed by atoms with E-state index in [1.54, 1.807) is 34.6 Å². The number of fused-ring (bicyclic) bond motifs is 1. The van der Waals surface area contributed by atoms with Gasteiger partial charge in [0.15, 0.2) is 12.1 Å². The molecule has 0 radical (unpaired) electrons. The molecule has 8 heteroatoms. The standard InChI is InChI=1S/C16H29NO7/c1-7-20-13-10(17-14(19)24-15(2,3)4)11(18)12-9(22-13)8-21-16(5,6)23-12/h9-13,18H,7-8H2,1-6H3,(H,17,19)/t9-,10-,11+,12-,13-/m1/s1. The monoisotopic (exact) mass is 347 g/mol. The molecule has 24 heavy (non-hydrogen) atoms. The van der Waals surface area contributed by atoms with E-state index in [0.717, 1.165) is 0 Å². The molecule has 5 atom stereocenters. The Morgan fingerprint density at radius 3 is 2.62 bits per heavy atom. The van der Waals surface area contributed by atoms with Crippen LogP contribution >= 0.6 is 0 Å². The van der Waals surface area contributed by atoms with Gasteiger partial charge < -0.3 is 34.1 Å². The molecule has 0 aromatic heterocycles. The van der Waals surface area contributed by atoms with Crippen molar-refractivity contribution in [1.29, 1.82) is 0 Å². The molecule has 0 saturated carbocycles. The van der Waals surface area contributed by atoms with Gasteiger partial charge in [-0.3, -0.25) is 0 Å². The number of carbonyl (C=O) groups excluding carboxylic acids is 1. The van der Waals surface area contributed by atoms with Gasteiger partial charge in [-0.2, -0.15) is 0 Å². The van der Waals surface area contributed by atoms with Crippen molar-refractivity contribution in [3.8, 4) is 0 Å². The molecule has 2 saturated heterocycles. The Labute approximate surface area is 142 Å². The lowest BCUT2D eigenvalue weighted by molar-refractivity contribution is -0.368. The van der Waals surface area contributed by atoms with Crippen LogP contribution < -0.4 is 5.32 Å². The average molecular weight is 347 g/mol. The fourth-order valence-corrected chi connectivity index (χ4v) is 2.75. The van der Waals surface area contributed by atoms with Crippen molar-refractivity contribution in [1.82, 2.24) is 5.32 Å². The van der Waals surface area contributed by atoms with E-state index in [9.17, 15) is 9.90 Å². The predicted octanol–water partition coefficient (Wildman–Crippen LogP) is 1.15. The van der Waals surface area contributed by atoms with Crippen LogP contribution in [0, 0.1) is 0 Å². The summed E-state index contributed by atoms with van der Waals surface area (Å²) in [5, 5.41) is 13.4. The Morgan fingerprint density at radius 1 is 1.38 bits per heavy atom. The van der Waals surface area contributed by atoms with Crippen molar-refractivity contribution < 1.29 is 33.6 Å². The summed E-state index contributed by atoms with van der Waals surface area (Å²) in [6, 6.07) is -0.810. The molecule has 0 aliphatic carbocycles. The van der Waals surface area contributed by atoms with Crippen LogP contribution in [0.3, 0.4) is 0 Å². The number of aliphatic hydroxyl groups is 1. The van der Waals surface area contributed by atoms with Gasteiger partial charge in [0, 0.05) is 6.61 Å². The van der Waals surface area contributed by atoms with Crippen LogP contribution in [0.25, 0.3) is 0 Å². The van der Waals surface area contributed by atoms with E-state index in [0.29, 0.717) is 6.61 Å². The minimum Gasteiger partial charge on any atom is -0.444 e. The third-order valence-corrected chi connectivity index (χ3v) is 3.70. The summed E-state index contributed by atoms with van der Waals surface area (Å²) in [6.07, 6.45) is -3.58. The molecular weight excluding hydrogens is 318 g/mol. The van der Waals surface area contributed by atoms with Crippen LogP contribution in [0.2, 0.25) is 0 Å². The largest absolute Gasteiger partial charge is 0.444 e. The van der Waals surface area contributed by atoms with Crippen molar-refractivity contribution in [2.75, 3.05) is 13.2 Å². The van der Waals surface area contributed by atoms with E-state index in [1.165, 1.54) is 0 Å². The fraction of sp³-hybridized carbons (Fsp3) is 0.938. The van der Waals surface area contributed by atoms with Crippen molar-refractivity contribution in [2.24, 2.45) is 0 Å². The number of hydrogen-bond donors (Lipinski definition) is 2. The third-order valence-electron chi connectivity index (χ3n) is 3.70. The molecule has 8 nitrogen and oxygen atoms in total. The molecule has 0 bridgehead atoms. The van der Waals surface area contributed by atoms with E-state index in [4.69, 9.17) is 23.7 Å². The first-order valence-corrected chi connectivity index (χ1v) is 8.29. The normalized spacial score (nSPS) is 35.9. The molecule has 2 fully saturated rings. The van der Waals surface area contributed by atoms with Gasteiger partial charge in [0.05, 0.1) is 6.61 Å². The molecular formula is C16H29NO7. The number of alkyl carbamates (subject to hydrolysis) is 1. The van der Waals surface area contributed by atoms with Gasteiger partial charge in [0.25, 0.3) is 0 Å². The van der Waals surface area contributed by atoms with E-state index in [1.807, 2.05) is 6.92 Å². The molecule has 0 aromatic rings. The summed E-state index contributed by atoms with van der Waals surface area (Å²) in [7, 11) is 0. The summed E-state index contributed by atoms with van der Waals surface area (Å²) in [5.74, 6) is -0.833. The highest BCUT2D eigenvalue weighted by molar-refractivity contribution is 5.68. The molecule has 0 aromatic carbocycles. The Hall–Kier alpha value is -0.930. The second-order valence-corrected chi connectivity index (χ2v) is 7.45. The molecule has 2 N–H and O–H groups in total. The number of ether oxygens (including phenoxy) is 5. The minimum absolute atomic E-state index is 0.275. The molecule has 2 rings (SSSR count). The van der Waals surface area contributed by atoms with Gasteiger partial charge in [-0.25, -0.2) is 4.79 Å². The molecule has 1 amide bonds. The number of aliphatic hydroxyl groups excluding tert-OH is 1. The van der Waals surface area contributed by atoms with Crippen LogP contribution in [0.1, 0.15) is 41.5 Å². The Bertz CT molecular complexity index is 448. The third kappa shape index (κ3) is 4.80. The predicted molar refractivity (Wildman–Crippen MR) is 84.4 cm³/mol. The Morgan fingerprint density at radius 2 is 2.04 bits per heavy atom. The minimum atomic E-state index is -1.02. The summed E-state index contributed by atoms with van der Waals surface area (Å²) in [5.41, 5.74) is -0.647. The molecule has 2 heterocycles. The van der Waals surface area contributed by atoms with E-state index >= 15 is 0 Å². The number of hydrogen-bond acceptors (Lipinski definition) is 7. The Kier molecular flexibility index (Phi) is 5.76. The van der Waals surface area contributed by atoms with Gasteiger partial charge in [-0.05, 0) is 41.5 Å². The quantitative estimate of drug-likeness (QED) is 0.791. The highest BCUT2D eigenvalue weighted by atomic mass is 16.8. The second-order valence-electron chi connectivity index (χ2n) is 7.45. The molecule has 140 valence electrons. The van der Waals surface area contributed by atoms with Crippen LogP contribution in [0.4, 0.5) is 4.79 Å². The maximum Gasteiger partial charge on any atom is 0.408 e. The summed E-state index contributed by atoms with van der Waals surface area (Å²) >= 11 is 0. The highest BCUT2D eigenvalue weighted by Crippen LogP contribution is 2.32. The van der Waals surface area contributed by atoms with Gasteiger partial charge >= 0.3 is 6.09 Å².